The van der Waals surface area contributed by atoms with Gasteiger partial charge in [-0.25, -0.2) is 0 Å². The lowest BCUT2D eigenvalue weighted by Crippen LogP contribution is -2.38. The summed E-state index contributed by atoms with van der Waals surface area (Å²) in [5.41, 5.74) is 2.14. The molecule has 2 N–H and O–H groups in total. The molecule has 0 atom stereocenters. The average Bonchev–Trinajstić information content (AvgIpc) is 3.16. The van der Waals surface area contributed by atoms with Crippen molar-refractivity contribution in [3.05, 3.63) is 35.7 Å². The highest BCUT2D eigenvalue weighted by Gasteiger charge is 2.26. The summed E-state index contributed by atoms with van der Waals surface area (Å²) < 4.78 is 5.27. The monoisotopic (exact) mass is 385 g/mol. The van der Waals surface area contributed by atoms with Gasteiger partial charge in [0.05, 0.1) is 5.92 Å². The molecule has 150 valence electrons. The molecular weight excluding hydrogens is 358 g/mol. The summed E-state index contributed by atoms with van der Waals surface area (Å²) >= 11 is 0. The van der Waals surface area contributed by atoms with Gasteiger partial charge in [-0.15, -0.1) is 0 Å². The number of carbonyl (C=O) groups is 2. The summed E-state index contributed by atoms with van der Waals surface area (Å²) in [6, 6.07) is 8.13. The summed E-state index contributed by atoms with van der Waals surface area (Å²) in [7, 11) is 0. The molecule has 7 nitrogen and oxygen atoms in total. The first-order valence-electron chi connectivity index (χ1n) is 9.87. The topological polar surface area (TPSA) is 105 Å². The van der Waals surface area contributed by atoms with Crippen LogP contribution in [0.15, 0.2) is 28.8 Å². The van der Waals surface area contributed by atoms with Crippen molar-refractivity contribution < 1.29 is 19.2 Å². The third-order valence-electron chi connectivity index (χ3n) is 5.31. The molecule has 1 saturated carbocycles. The fourth-order valence-electron chi connectivity index (χ4n) is 3.50. The van der Waals surface area contributed by atoms with Crippen molar-refractivity contribution in [3.63, 3.8) is 0 Å². The standard InChI is InChI=1S/C21H27N3O4/c1-13(2)14-3-5-15(6-4-14)20-23-19(28-24-20)12-11-18(25)22-17-9-7-16(8-10-17)21(26)27/h3-6,13,16-17H,7-12H2,1-2H3,(H,22,25)(H,26,27). The quantitative estimate of drug-likeness (QED) is 0.755. The molecule has 7 heteroatoms. The molecular formula is C21H27N3O4. The second-order valence-electron chi connectivity index (χ2n) is 7.74. The van der Waals surface area contributed by atoms with Crippen molar-refractivity contribution in [1.29, 1.82) is 0 Å². The summed E-state index contributed by atoms with van der Waals surface area (Å²) in [6.07, 6.45) is 3.30. The summed E-state index contributed by atoms with van der Waals surface area (Å²) in [6.45, 7) is 4.29. The van der Waals surface area contributed by atoms with Crippen LogP contribution in [-0.4, -0.2) is 33.2 Å². The van der Waals surface area contributed by atoms with Crippen LogP contribution in [0.5, 0.6) is 0 Å². The maximum Gasteiger partial charge on any atom is 0.306 e. The van der Waals surface area contributed by atoms with Crippen molar-refractivity contribution in [2.24, 2.45) is 5.92 Å². The first-order chi connectivity index (χ1) is 13.4. The van der Waals surface area contributed by atoms with Crippen LogP contribution in [0.1, 0.15) is 63.3 Å². The molecule has 0 aliphatic heterocycles. The second kappa shape index (κ2) is 8.99. The van der Waals surface area contributed by atoms with Crippen LogP contribution in [0.4, 0.5) is 0 Å². The van der Waals surface area contributed by atoms with E-state index < -0.39 is 5.97 Å². The summed E-state index contributed by atoms with van der Waals surface area (Å²) in [5, 5.41) is 16.0. The fourth-order valence-corrected chi connectivity index (χ4v) is 3.50. The van der Waals surface area contributed by atoms with Crippen molar-refractivity contribution in [1.82, 2.24) is 15.5 Å². The third kappa shape index (κ3) is 5.18. The van der Waals surface area contributed by atoms with Crippen molar-refractivity contribution in [3.8, 4) is 11.4 Å². The molecule has 0 saturated heterocycles. The largest absolute Gasteiger partial charge is 0.481 e. The Morgan fingerprint density at radius 1 is 1.18 bits per heavy atom. The smallest absolute Gasteiger partial charge is 0.306 e. The van der Waals surface area contributed by atoms with Gasteiger partial charge in [0.1, 0.15) is 0 Å². The SMILES string of the molecule is CC(C)c1ccc(-c2noc(CCC(=O)NC3CCC(C(=O)O)CC3)n2)cc1. The minimum absolute atomic E-state index is 0.0563. The predicted molar refractivity (Wildman–Crippen MR) is 104 cm³/mol. The Labute approximate surface area is 164 Å². The zero-order valence-corrected chi connectivity index (χ0v) is 16.4. The van der Waals surface area contributed by atoms with E-state index in [4.69, 9.17) is 9.63 Å². The van der Waals surface area contributed by atoms with E-state index in [0.717, 1.165) is 5.56 Å². The van der Waals surface area contributed by atoms with E-state index in [-0.39, 0.29) is 24.3 Å². The van der Waals surface area contributed by atoms with Gasteiger partial charge in [-0.1, -0.05) is 43.3 Å². The van der Waals surface area contributed by atoms with Gasteiger partial charge in [0.25, 0.3) is 0 Å². The number of carbonyl (C=O) groups excluding carboxylic acids is 1. The van der Waals surface area contributed by atoms with Crippen LogP contribution in [-0.2, 0) is 16.0 Å². The maximum absolute atomic E-state index is 12.2. The first kappa shape index (κ1) is 20.0. The number of carboxylic acid groups (broad SMARTS) is 1. The number of nitrogens with one attached hydrogen (secondary N) is 1. The van der Waals surface area contributed by atoms with Crippen LogP contribution < -0.4 is 5.32 Å². The van der Waals surface area contributed by atoms with E-state index in [0.29, 0.717) is 49.7 Å². The number of amides is 1. The molecule has 1 aromatic carbocycles. The highest BCUT2D eigenvalue weighted by atomic mass is 16.5. The molecule has 1 fully saturated rings. The van der Waals surface area contributed by atoms with Crippen molar-refractivity contribution >= 4 is 11.9 Å². The van der Waals surface area contributed by atoms with Gasteiger partial charge >= 0.3 is 5.97 Å². The number of hydrogen-bond acceptors (Lipinski definition) is 5. The van der Waals surface area contributed by atoms with E-state index in [1.54, 1.807) is 0 Å². The Morgan fingerprint density at radius 3 is 2.46 bits per heavy atom. The lowest BCUT2D eigenvalue weighted by atomic mass is 9.86. The average molecular weight is 385 g/mol. The lowest BCUT2D eigenvalue weighted by molar-refractivity contribution is -0.142. The van der Waals surface area contributed by atoms with E-state index in [9.17, 15) is 9.59 Å². The van der Waals surface area contributed by atoms with Crippen LogP contribution in [0.25, 0.3) is 11.4 Å². The second-order valence-corrected chi connectivity index (χ2v) is 7.74. The molecule has 28 heavy (non-hydrogen) atoms. The highest BCUT2D eigenvalue weighted by Crippen LogP contribution is 2.24. The number of aliphatic carboxylic acids is 1. The number of nitrogens with zero attached hydrogens (tertiary/aromatic N) is 2. The molecule has 0 bridgehead atoms. The number of carboxylic acids is 1. The molecule has 1 heterocycles. The highest BCUT2D eigenvalue weighted by molar-refractivity contribution is 5.76. The molecule has 1 aliphatic carbocycles. The Hall–Kier alpha value is -2.70. The minimum atomic E-state index is -0.740. The number of hydrogen-bond donors (Lipinski definition) is 2. The Kier molecular flexibility index (Phi) is 6.44. The molecule has 0 radical (unpaired) electrons. The zero-order valence-electron chi connectivity index (χ0n) is 16.4. The molecule has 2 aromatic rings. The molecule has 1 aliphatic rings. The zero-order chi connectivity index (χ0) is 20.1. The Balaban J connectivity index is 1.46. The first-order valence-corrected chi connectivity index (χ1v) is 9.87. The van der Waals surface area contributed by atoms with Crippen molar-refractivity contribution in [2.75, 3.05) is 0 Å². The summed E-state index contributed by atoms with van der Waals surface area (Å²) in [5.74, 6) is 0.341. The van der Waals surface area contributed by atoms with Crippen LogP contribution in [0, 0.1) is 5.92 Å². The number of aromatic nitrogens is 2. The van der Waals surface area contributed by atoms with E-state index in [1.165, 1.54) is 5.56 Å². The van der Waals surface area contributed by atoms with E-state index in [1.807, 2.05) is 12.1 Å². The van der Waals surface area contributed by atoms with Gasteiger partial charge in [-0.3, -0.25) is 9.59 Å². The van der Waals surface area contributed by atoms with E-state index in [2.05, 4.69) is 41.4 Å². The Bertz CT molecular complexity index is 805. The third-order valence-corrected chi connectivity index (χ3v) is 5.31. The lowest BCUT2D eigenvalue weighted by Gasteiger charge is -2.26. The van der Waals surface area contributed by atoms with Gasteiger partial charge in [0, 0.05) is 24.4 Å². The fraction of sp³-hybridized carbons (Fsp3) is 0.524. The van der Waals surface area contributed by atoms with Crippen LogP contribution >= 0.6 is 0 Å². The molecule has 3 rings (SSSR count). The van der Waals surface area contributed by atoms with Gasteiger partial charge in [0.2, 0.25) is 17.6 Å². The molecule has 1 amide bonds. The maximum atomic E-state index is 12.2. The predicted octanol–water partition coefficient (Wildman–Crippen LogP) is 3.55. The van der Waals surface area contributed by atoms with Crippen molar-refractivity contribution in [2.45, 2.75) is 64.3 Å². The molecule has 1 aromatic heterocycles. The number of aryl methyl sites for hydroxylation is 1. The van der Waals surface area contributed by atoms with Gasteiger partial charge in [-0.2, -0.15) is 4.98 Å². The number of benzene rings is 1. The van der Waals surface area contributed by atoms with Crippen LogP contribution in [0.2, 0.25) is 0 Å². The Morgan fingerprint density at radius 2 is 1.86 bits per heavy atom. The minimum Gasteiger partial charge on any atom is -0.481 e. The van der Waals surface area contributed by atoms with Crippen LogP contribution in [0.3, 0.4) is 0 Å². The molecule has 0 unspecified atom stereocenters. The van der Waals surface area contributed by atoms with Gasteiger partial charge in [0.15, 0.2) is 0 Å². The summed E-state index contributed by atoms with van der Waals surface area (Å²) in [4.78, 5) is 27.5. The normalized spacial score (nSPS) is 19.5. The van der Waals surface area contributed by atoms with Gasteiger partial charge < -0.3 is 14.9 Å². The molecule has 0 spiro atoms. The van der Waals surface area contributed by atoms with E-state index >= 15 is 0 Å². The number of rotatable bonds is 7. The van der Waals surface area contributed by atoms with Gasteiger partial charge in [-0.05, 0) is 37.2 Å².